The molecule has 1 amide bonds. The summed E-state index contributed by atoms with van der Waals surface area (Å²) in [6.45, 7) is 4.15. The lowest BCUT2D eigenvalue weighted by Gasteiger charge is -2.10. The van der Waals surface area contributed by atoms with Gasteiger partial charge in [-0.3, -0.25) is 9.59 Å². The van der Waals surface area contributed by atoms with Crippen LogP contribution in [0.4, 0.5) is 0 Å². The second-order valence-electron chi connectivity index (χ2n) is 4.79. The van der Waals surface area contributed by atoms with Crippen molar-refractivity contribution in [3.8, 4) is 5.75 Å². The molecule has 0 aromatic heterocycles. The zero-order valence-electron chi connectivity index (χ0n) is 11.0. The molecule has 5 nitrogen and oxygen atoms in total. The topological polar surface area (TPSA) is 75.6 Å². The van der Waals surface area contributed by atoms with E-state index in [-0.39, 0.29) is 18.9 Å². The van der Waals surface area contributed by atoms with Crippen molar-refractivity contribution in [2.45, 2.75) is 32.8 Å². The van der Waals surface area contributed by atoms with Gasteiger partial charge in [0.1, 0.15) is 5.75 Å². The number of hydrogen-bond donors (Lipinski definition) is 2. The van der Waals surface area contributed by atoms with E-state index in [2.05, 4.69) is 5.32 Å². The van der Waals surface area contributed by atoms with Crippen molar-refractivity contribution in [3.05, 3.63) is 28.8 Å². The lowest BCUT2D eigenvalue weighted by molar-refractivity contribution is -0.137. The average molecular weight is 263 g/mol. The zero-order chi connectivity index (χ0) is 14.0. The first-order valence-corrected chi connectivity index (χ1v) is 6.23. The van der Waals surface area contributed by atoms with Crippen molar-refractivity contribution < 1.29 is 19.4 Å². The Morgan fingerprint density at radius 3 is 2.74 bits per heavy atom. The van der Waals surface area contributed by atoms with E-state index >= 15 is 0 Å². The van der Waals surface area contributed by atoms with Gasteiger partial charge in [0, 0.05) is 13.0 Å². The number of carboxylic acid groups (broad SMARTS) is 1. The number of carbonyl (C=O) groups is 2. The fourth-order valence-electron chi connectivity index (χ4n) is 2.07. The molecule has 0 aliphatic carbocycles. The average Bonchev–Trinajstić information content (AvgIpc) is 2.72. The Morgan fingerprint density at radius 2 is 2.05 bits per heavy atom. The lowest BCUT2D eigenvalue weighted by atomic mass is 10.0. The number of carboxylic acids is 1. The smallest absolute Gasteiger partial charge is 0.305 e. The summed E-state index contributed by atoms with van der Waals surface area (Å²) in [5.41, 5.74) is 3.33. The highest BCUT2D eigenvalue weighted by molar-refractivity contribution is 5.83. The van der Waals surface area contributed by atoms with Gasteiger partial charge < -0.3 is 15.2 Å². The minimum absolute atomic E-state index is 0.0797. The Labute approximate surface area is 111 Å². The Hall–Kier alpha value is -2.04. The number of fused-ring (bicyclic) bond motifs is 1. The molecule has 0 radical (unpaired) electrons. The predicted octanol–water partition coefficient (Wildman–Crippen LogP) is 1.20. The largest absolute Gasteiger partial charge is 0.481 e. The number of hydrogen-bond acceptors (Lipinski definition) is 3. The van der Waals surface area contributed by atoms with Crippen LogP contribution in [0.25, 0.3) is 0 Å². The highest BCUT2D eigenvalue weighted by Gasteiger charge is 2.29. The van der Waals surface area contributed by atoms with Gasteiger partial charge >= 0.3 is 5.97 Å². The third-order valence-electron chi connectivity index (χ3n) is 3.28. The first kappa shape index (κ1) is 13.4. The van der Waals surface area contributed by atoms with Crippen LogP contribution in [-0.2, 0) is 16.0 Å². The number of ether oxygens (including phenoxy) is 1. The van der Waals surface area contributed by atoms with E-state index in [0.29, 0.717) is 6.42 Å². The normalized spacial score (nSPS) is 16.6. The molecule has 1 aliphatic rings. The van der Waals surface area contributed by atoms with E-state index in [9.17, 15) is 9.59 Å². The summed E-state index contributed by atoms with van der Waals surface area (Å²) in [4.78, 5) is 22.2. The Balaban J connectivity index is 1.96. The van der Waals surface area contributed by atoms with Crippen LogP contribution in [0.1, 0.15) is 23.1 Å². The van der Waals surface area contributed by atoms with E-state index in [4.69, 9.17) is 9.84 Å². The fraction of sp³-hybridized carbons (Fsp3) is 0.429. The third kappa shape index (κ3) is 3.05. The molecule has 19 heavy (non-hydrogen) atoms. The van der Waals surface area contributed by atoms with Gasteiger partial charge in [0.2, 0.25) is 0 Å². The monoisotopic (exact) mass is 263 g/mol. The molecular formula is C14H17NO4. The van der Waals surface area contributed by atoms with Crippen LogP contribution in [-0.4, -0.2) is 29.6 Å². The molecule has 0 unspecified atom stereocenters. The molecule has 5 heteroatoms. The molecule has 2 N–H and O–H groups in total. The highest BCUT2D eigenvalue weighted by Crippen LogP contribution is 2.31. The molecule has 1 atom stereocenters. The predicted molar refractivity (Wildman–Crippen MR) is 69.3 cm³/mol. The first-order chi connectivity index (χ1) is 8.97. The number of aliphatic carboxylic acids is 1. The van der Waals surface area contributed by atoms with Gasteiger partial charge in [-0.05, 0) is 36.6 Å². The number of carbonyl (C=O) groups excluding carboxylic acids is 1. The molecule has 102 valence electrons. The van der Waals surface area contributed by atoms with Gasteiger partial charge in [0.05, 0.1) is 6.42 Å². The second kappa shape index (κ2) is 5.30. The van der Waals surface area contributed by atoms with E-state index < -0.39 is 12.1 Å². The summed E-state index contributed by atoms with van der Waals surface area (Å²) in [6, 6.07) is 3.98. The van der Waals surface area contributed by atoms with E-state index in [1.165, 1.54) is 5.56 Å². The van der Waals surface area contributed by atoms with Gasteiger partial charge in [-0.2, -0.15) is 0 Å². The SMILES string of the molecule is Cc1cc2c(cc1C)O[C@@H](C(=O)NCCC(=O)O)C2. The molecule has 1 aromatic rings. The van der Waals surface area contributed by atoms with Gasteiger partial charge in [-0.15, -0.1) is 0 Å². The van der Waals surface area contributed by atoms with E-state index in [1.807, 2.05) is 26.0 Å². The minimum atomic E-state index is -0.929. The summed E-state index contributed by atoms with van der Waals surface area (Å²) in [6.07, 6.45) is -0.0936. The Bertz CT molecular complexity index is 493. The molecule has 0 fully saturated rings. The van der Waals surface area contributed by atoms with Crippen LogP contribution in [0.5, 0.6) is 5.75 Å². The zero-order valence-corrected chi connectivity index (χ0v) is 11.0. The third-order valence-corrected chi connectivity index (χ3v) is 3.28. The van der Waals surface area contributed by atoms with Gasteiger partial charge in [0.25, 0.3) is 5.91 Å². The van der Waals surface area contributed by atoms with Crippen LogP contribution in [0.2, 0.25) is 0 Å². The first-order valence-electron chi connectivity index (χ1n) is 6.23. The molecule has 0 saturated heterocycles. The maximum Gasteiger partial charge on any atom is 0.305 e. The van der Waals surface area contributed by atoms with Crippen LogP contribution in [0, 0.1) is 13.8 Å². The van der Waals surface area contributed by atoms with Crippen LogP contribution in [0.3, 0.4) is 0 Å². The number of aryl methyl sites for hydroxylation is 2. The Morgan fingerprint density at radius 1 is 1.37 bits per heavy atom. The summed E-state index contributed by atoms with van der Waals surface area (Å²) in [5, 5.41) is 11.1. The summed E-state index contributed by atoms with van der Waals surface area (Å²) < 4.78 is 5.60. The summed E-state index contributed by atoms with van der Waals surface area (Å²) >= 11 is 0. The molecule has 1 aliphatic heterocycles. The van der Waals surface area contributed by atoms with Crippen molar-refractivity contribution in [1.29, 1.82) is 0 Å². The van der Waals surface area contributed by atoms with Crippen LogP contribution in [0.15, 0.2) is 12.1 Å². The van der Waals surface area contributed by atoms with Crippen molar-refractivity contribution in [2.75, 3.05) is 6.54 Å². The molecule has 1 aromatic carbocycles. The van der Waals surface area contributed by atoms with Gasteiger partial charge in [-0.1, -0.05) is 6.07 Å². The number of benzene rings is 1. The molecular weight excluding hydrogens is 246 g/mol. The maximum absolute atomic E-state index is 11.8. The molecule has 0 saturated carbocycles. The quantitative estimate of drug-likeness (QED) is 0.855. The Kier molecular flexibility index (Phi) is 3.74. The number of nitrogens with one attached hydrogen (secondary N) is 1. The second-order valence-corrected chi connectivity index (χ2v) is 4.79. The fourth-order valence-corrected chi connectivity index (χ4v) is 2.07. The number of rotatable bonds is 4. The minimum Gasteiger partial charge on any atom is -0.481 e. The number of amides is 1. The van der Waals surface area contributed by atoms with Crippen molar-refractivity contribution in [1.82, 2.24) is 5.32 Å². The summed E-state index contributed by atoms with van der Waals surface area (Å²) in [7, 11) is 0. The standard InChI is InChI=1S/C14H17NO4/c1-8-5-10-7-12(19-11(10)6-9(8)2)14(18)15-4-3-13(16)17/h5-6,12H,3-4,7H2,1-2H3,(H,15,18)(H,16,17)/t12-/m1/s1. The summed E-state index contributed by atoms with van der Waals surface area (Å²) in [5.74, 6) is -0.434. The van der Waals surface area contributed by atoms with Gasteiger partial charge in [0.15, 0.2) is 6.10 Å². The molecule has 0 bridgehead atoms. The van der Waals surface area contributed by atoms with Crippen LogP contribution < -0.4 is 10.1 Å². The van der Waals surface area contributed by atoms with Crippen LogP contribution >= 0.6 is 0 Å². The van der Waals surface area contributed by atoms with E-state index in [0.717, 1.165) is 16.9 Å². The van der Waals surface area contributed by atoms with Gasteiger partial charge in [-0.25, -0.2) is 0 Å². The van der Waals surface area contributed by atoms with Crippen molar-refractivity contribution >= 4 is 11.9 Å². The van der Waals surface area contributed by atoms with Crippen molar-refractivity contribution in [3.63, 3.8) is 0 Å². The lowest BCUT2D eigenvalue weighted by Crippen LogP contribution is -2.38. The molecule has 0 spiro atoms. The van der Waals surface area contributed by atoms with Crippen molar-refractivity contribution in [2.24, 2.45) is 0 Å². The maximum atomic E-state index is 11.8. The van der Waals surface area contributed by atoms with E-state index in [1.54, 1.807) is 0 Å². The molecule has 2 rings (SSSR count). The molecule has 1 heterocycles. The highest BCUT2D eigenvalue weighted by atomic mass is 16.5.